The van der Waals surface area contributed by atoms with Crippen LogP contribution in [0.25, 0.3) is 5.57 Å². The lowest BCUT2D eigenvalue weighted by atomic mass is 10.0. The van der Waals surface area contributed by atoms with E-state index in [0.717, 1.165) is 0 Å². The highest BCUT2D eigenvalue weighted by molar-refractivity contribution is 6.32. The molecule has 0 amide bonds. The number of nitriles is 1. The number of carbonyl (C=O) groups is 1. The Morgan fingerprint density at radius 3 is 2.65 bits per heavy atom. The van der Waals surface area contributed by atoms with Crippen LogP contribution in [0.3, 0.4) is 0 Å². The number of nitrogens with zero attached hydrogens (tertiary/aromatic N) is 1. The van der Waals surface area contributed by atoms with Crippen molar-refractivity contribution in [3.05, 3.63) is 40.4 Å². The summed E-state index contributed by atoms with van der Waals surface area (Å²) in [6, 6.07) is 8.91. The van der Waals surface area contributed by atoms with Gasteiger partial charge < -0.3 is 4.74 Å². The molecule has 0 heterocycles. The van der Waals surface area contributed by atoms with Crippen LogP contribution in [-0.2, 0) is 9.53 Å². The molecule has 0 spiro atoms. The van der Waals surface area contributed by atoms with Crippen molar-refractivity contribution in [2.24, 2.45) is 0 Å². The molecule has 4 heteroatoms. The number of esters is 1. The van der Waals surface area contributed by atoms with Crippen LogP contribution in [-0.4, -0.2) is 12.6 Å². The van der Waals surface area contributed by atoms with E-state index in [1.54, 1.807) is 38.1 Å². The number of halogens is 1. The monoisotopic (exact) mass is 249 g/mol. The fraction of sp³-hybridized carbons (Fsp3) is 0.231. The van der Waals surface area contributed by atoms with Crippen LogP contribution in [0.1, 0.15) is 19.4 Å². The summed E-state index contributed by atoms with van der Waals surface area (Å²) in [6.45, 7) is 3.61. The lowest BCUT2D eigenvalue weighted by molar-refractivity contribution is -0.137. The van der Waals surface area contributed by atoms with Crippen molar-refractivity contribution in [3.8, 4) is 6.07 Å². The molecule has 1 aromatic carbocycles. The second-order valence-electron chi connectivity index (χ2n) is 3.31. The van der Waals surface area contributed by atoms with Gasteiger partial charge in [0.1, 0.15) is 11.6 Å². The lowest BCUT2D eigenvalue weighted by Crippen LogP contribution is -2.08. The smallest absolute Gasteiger partial charge is 0.349 e. The molecule has 0 radical (unpaired) electrons. The number of rotatable bonds is 3. The van der Waals surface area contributed by atoms with Gasteiger partial charge in [-0.2, -0.15) is 5.26 Å². The van der Waals surface area contributed by atoms with Crippen molar-refractivity contribution in [3.63, 3.8) is 0 Å². The van der Waals surface area contributed by atoms with Gasteiger partial charge in [0.2, 0.25) is 0 Å². The van der Waals surface area contributed by atoms with Crippen LogP contribution >= 0.6 is 11.6 Å². The highest BCUT2D eigenvalue weighted by Gasteiger charge is 2.16. The number of hydrogen-bond acceptors (Lipinski definition) is 3. The van der Waals surface area contributed by atoms with E-state index in [-0.39, 0.29) is 12.2 Å². The third kappa shape index (κ3) is 3.08. The first-order chi connectivity index (χ1) is 8.11. The molecule has 0 fully saturated rings. The summed E-state index contributed by atoms with van der Waals surface area (Å²) in [5.41, 5.74) is 1.18. The summed E-state index contributed by atoms with van der Waals surface area (Å²) >= 11 is 6.01. The molecule has 0 aliphatic carbocycles. The van der Waals surface area contributed by atoms with E-state index in [1.165, 1.54) is 0 Å². The van der Waals surface area contributed by atoms with Crippen LogP contribution in [0.4, 0.5) is 0 Å². The van der Waals surface area contributed by atoms with Gasteiger partial charge in [-0.3, -0.25) is 0 Å². The van der Waals surface area contributed by atoms with E-state index in [0.29, 0.717) is 16.2 Å². The number of allylic oxidation sites excluding steroid dienone is 1. The van der Waals surface area contributed by atoms with Gasteiger partial charge in [0.05, 0.1) is 6.61 Å². The van der Waals surface area contributed by atoms with Crippen LogP contribution in [0.5, 0.6) is 0 Å². The van der Waals surface area contributed by atoms with Gasteiger partial charge in [-0.1, -0.05) is 29.8 Å². The van der Waals surface area contributed by atoms with Crippen molar-refractivity contribution < 1.29 is 9.53 Å². The molecule has 0 saturated carbocycles. The van der Waals surface area contributed by atoms with E-state index in [4.69, 9.17) is 21.6 Å². The normalized spacial score (nSPS) is 11.4. The van der Waals surface area contributed by atoms with Gasteiger partial charge in [-0.25, -0.2) is 4.79 Å². The molecule has 17 heavy (non-hydrogen) atoms. The molecule has 88 valence electrons. The largest absolute Gasteiger partial charge is 0.462 e. The zero-order chi connectivity index (χ0) is 12.8. The molecule has 3 nitrogen and oxygen atoms in total. The van der Waals surface area contributed by atoms with Gasteiger partial charge >= 0.3 is 5.97 Å². The molecular formula is C13H12ClNO2. The molecule has 0 unspecified atom stereocenters. The Morgan fingerprint density at radius 2 is 2.12 bits per heavy atom. The maximum atomic E-state index is 11.6. The number of benzene rings is 1. The van der Waals surface area contributed by atoms with Crippen LogP contribution in [0.15, 0.2) is 29.8 Å². The Balaban J connectivity index is 3.24. The van der Waals surface area contributed by atoms with Crippen molar-refractivity contribution >= 4 is 23.1 Å². The Morgan fingerprint density at radius 1 is 1.47 bits per heavy atom. The average molecular weight is 250 g/mol. The molecule has 0 aliphatic heterocycles. The molecule has 0 atom stereocenters. The van der Waals surface area contributed by atoms with Gasteiger partial charge in [-0.05, 0) is 31.1 Å². The van der Waals surface area contributed by atoms with Crippen molar-refractivity contribution in [2.75, 3.05) is 6.61 Å². The lowest BCUT2D eigenvalue weighted by Gasteiger charge is -2.07. The van der Waals surface area contributed by atoms with E-state index >= 15 is 0 Å². The molecule has 0 aromatic heterocycles. The minimum absolute atomic E-state index is 0.0139. The minimum atomic E-state index is -0.618. The van der Waals surface area contributed by atoms with Gasteiger partial charge in [0.25, 0.3) is 0 Å². The average Bonchev–Trinajstić information content (AvgIpc) is 2.30. The zero-order valence-electron chi connectivity index (χ0n) is 9.66. The van der Waals surface area contributed by atoms with E-state index in [1.807, 2.05) is 6.07 Å². The van der Waals surface area contributed by atoms with Crippen molar-refractivity contribution in [1.82, 2.24) is 0 Å². The van der Waals surface area contributed by atoms with E-state index in [9.17, 15) is 4.79 Å². The van der Waals surface area contributed by atoms with Crippen LogP contribution in [0, 0.1) is 11.3 Å². The number of ether oxygens (including phenoxy) is 1. The minimum Gasteiger partial charge on any atom is -0.462 e. The second-order valence-corrected chi connectivity index (χ2v) is 3.72. The molecule has 0 aliphatic rings. The highest BCUT2D eigenvalue weighted by Crippen LogP contribution is 2.26. The van der Waals surface area contributed by atoms with E-state index in [2.05, 4.69) is 0 Å². The Kier molecular flexibility index (Phi) is 4.74. The summed E-state index contributed by atoms with van der Waals surface area (Å²) in [6.07, 6.45) is 0. The van der Waals surface area contributed by atoms with E-state index < -0.39 is 5.97 Å². The maximum absolute atomic E-state index is 11.6. The summed E-state index contributed by atoms with van der Waals surface area (Å²) in [5, 5.41) is 9.50. The van der Waals surface area contributed by atoms with Crippen molar-refractivity contribution in [2.45, 2.75) is 13.8 Å². The summed E-state index contributed by atoms with van der Waals surface area (Å²) in [7, 11) is 0. The van der Waals surface area contributed by atoms with Gasteiger partial charge in [0, 0.05) is 5.02 Å². The SMILES string of the molecule is CCOC(=O)/C(C#N)=C(\C)c1ccccc1Cl. The Bertz CT molecular complexity index is 500. The third-order valence-electron chi connectivity index (χ3n) is 2.24. The Hall–Kier alpha value is -1.79. The molecule has 1 rings (SSSR count). The van der Waals surface area contributed by atoms with Gasteiger partial charge in [-0.15, -0.1) is 0 Å². The molecule has 0 N–H and O–H groups in total. The third-order valence-corrected chi connectivity index (χ3v) is 2.57. The second kappa shape index (κ2) is 6.07. The summed E-state index contributed by atoms with van der Waals surface area (Å²) < 4.78 is 4.82. The van der Waals surface area contributed by atoms with Crippen LogP contribution < -0.4 is 0 Å². The molecular weight excluding hydrogens is 238 g/mol. The fourth-order valence-electron chi connectivity index (χ4n) is 1.39. The molecule has 0 bridgehead atoms. The van der Waals surface area contributed by atoms with Crippen molar-refractivity contribution in [1.29, 1.82) is 5.26 Å². The molecule has 1 aromatic rings. The number of hydrogen-bond donors (Lipinski definition) is 0. The first kappa shape index (κ1) is 13.3. The highest BCUT2D eigenvalue weighted by atomic mass is 35.5. The van der Waals surface area contributed by atoms with Gasteiger partial charge in [0.15, 0.2) is 0 Å². The first-order valence-electron chi connectivity index (χ1n) is 5.14. The zero-order valence-corrected chi connectivity index (χ0v) is 10.4. The summed E-state index contributed by atoms with van der Waals surface area (Å²) in [4.78, 5) is 11.6. The first-order valence-corrected chi connectivity index (χ1v) is 5.52. The maximum Gasteiger partial charge on any atom is 0.349 e. The summed E-state index contributed by atoms with van der Waals surface area (Å²) in [5.74, 6) is -0.618. The molecule has 0 saturated heterocycles. The Labute approximate surface area is 105 Å². The topological polar surface area (TPSA) is 50.1 Å². The quantitative estimate of drug-likeness (QED) is 0.470. The standard InChI is InChI=1S/C13H12ClNO2/c1-3-17-13(16)11(8-15)9(2)10-6-4-5-7-12(10)14/h4-7H,3H2,1-2H3/b11-9+. The van der Waals surface area contributed by atoms with Crippen LogP contribution in [0.2, 0.25) is 5.02 Å². The fourth-order valence-corrected chi connectivity index (χ4v) is 1.66. The predicted molar refractivity (Wildman–Crippen MR) is 66.3 cm³/mol. The number of carbonyl (C=O) groups excluding carboxylic acids is 1. The predicted octanol–water partition coefficient (Wildman–Crippen LogP) is 3.20.